The predicted molar refractivity (Wildman–Crippen MR) is 274 cm³/mol. The molecule has 0 saturated carbocycles. The van der Waals surface area contributed by atoms with Crippen molar-refractivity contribution in [2.75, 3.05) is 26.4 Å². The lowest BCUT2D eigenvalue weighted by Crippen LogP contribution is -2.12. The monoisotopic (exact) mass is 952 g/mol. The highest BCUT2D eigenvalue weighted by molar-refractivity contribution is 7.69. The highest BCUT2D eigenvalue weighted by Gasteiger charge is 2.44. The normalized spacial score (nSPS) is 12.8. The first-order valence-corrected chi connectivity index (χ1v) is 27.8. The maximum absolute atomic E-state index is 15.5. The van der Waals surface area contributed by atoms with Gasteiger partial charge in [0.05, 0.1) is 37.0 Å². The van der Waals surface area contributed by atoms with Gasteiger partial charge in [0.15, 0.2) is 0 Å². The van der Waals surface area contributed by atoms with Crippen molar-refractivity contribution in [2.24, 2.45) is 0 Å². The van der Waals surface area contributed by atoms with Crippen LogP contribution in [0, 0.1) is 0 Å². The topological polar surface area (TPSA) is 112 Å². The van der Waals surface area contributed by atoms with Gasteiger partial charge in [0, 0.05) is 21.7 Å². The van der Waals surface area contributed by atoms with Gasteiger partial charge in [0.2, 0.25) is 0 Å². The summed E-state index contributed by atoms with van der Waals surface area (Å²) in [5.41, 5.74) is 4.09. The van der Waals surface area contributed by atoms with E-state index in [9.17, 15) is 10.2 Å². The number of hydrogen-bond acceptors (Lipinski definition) is 8. The molecule has 2 N–H and O–H groups in total. The van der Waals surface area contributed by atoms with Crippen molar-refractivity contribution in [3.8, 4) is 43.8 Å². The van der Waals surface area contributed by atoms with Crippen LogP contribution in [0.25, 0.3) is 43.5 Å². The molecule has 66 heavy (non-hydrogen) atoms. The third-order valence-electron chi connectivity index (χ3n) is 11.0. The van der Waals surface area contributed by atoms with Crippen molar-refractivity contribution in [3.63, 3.8) is 0 Å². The van der Waals surface area contributed by atoms with Gasteiger partial charge in [-0.25, -0.2) is 0 Å². The van der Waals surface area contributed by atoms with Crippen LogP contribution in [-0.2, 0) is 27.2 Å². The fourth-order valence-electron chi connectivity index (χ4n) is 8.49. The zero-order valence-electron chi connectivity index (χ0n) is 37.3. The van der Waals surface area contributed by atoms with Gasteiger partial charge in [-0.1, -0.05) is 197 Å². The van der Waals surface area contributed by atoms with E-state index >= 15 is 9.13 Å². The maximum atomic E-state index is 15.5. The molecule has 2 unspecified atom stereocenters. The summed E-state index contributed by atoms with van der Waals surface area (Å²) >= 11 is 0. The molecule has 0 bridgehead atoms. The first-order chi connectivity index (χ1) is 32.2. The molecule has 12 heteroatoms. The van der Waals surface area contributed by atoms with E-state index in [4.69, 9.17) is 18.1 Å². The molecule has 8 rings (SSSR count). The van der Waals surface area contributed by atoms with Crippen LogP contribution in [0.2, 0.25) is 0 Å². The minimum atomic E-state index is -4.24. The lowest BCUT2D eigenvalue weighted by molar-refractivity contribution is 0.228. The van der Waals surface area contributed by atoms with Gasteiger partial charge >= 0.3 is 15.2 Å². The second kappa shape index (κ2) is 21.0. The lowest BCUT2D eigenvalue weighted by Gasteiger charge is -2.21. The molecule has 336 valence electrons. The molecule has 8 aromatic rings. The molecule has 8 nitrogen and oxygen atoms in total. The second-order valence-corrected chi connectivity index (χ2v) is 23.1. The predicted octanol–water partition coefficient (Wildman–Crippen LogP) is 15.2. The summed E-state index contributed by atoms with van der Waals surface area (Å²) in [5, 5.41) is 31.1. The number of benzene rings is 6. The molecule has 0 aliphatic heterocycles. The molecule has 0 fully saturated rings. The Morgan fingerprint density at radius 3 is 0.939 bits per heavy atom. The highest BCUT2D eigenvalue weighted by atomic mass is 31.2. The van der Waals surface area contributed by atoms with E-state index in [1.807, 2.05) is 182 Å². The van der Waals surface area contributed by atoms with Crippen molar-refractivity contribution in [2.45, 2.75) is 27.7 Å². The van der Waals surface area contributed by atoms with E-state index in [1.54, 1.807) is 27.7 Å². The fraction of sp³-hybridized carbons (Fsp3) is 0.148. The highest BCUT2D eigenvalue weighted by Crippen LogP contribution is 2.69. The Morgan fingerprint density at radius 2 is 0.667 bits per heavy atom. The lowest BCUT2D eigenvalue weighted by atomic mass is 9.91. The smallest absolute Gasteiger partial charge is 0.366 e. The minimum Gasteiger partial charge on any atom is -0.506 e. The van der Waals surface area contributed by atoms with Crippen LogP contribution in [0.15, 0.2) is 182 Å². The Bertz CT molecular complexity index is 2800. The zero-order valence-corrected chi connectivity index (χ0v) is 40.9. The first kappa shape index (κ1) is 47.0. The van der Waals surface area contributed by atoms with E-state index in [2.05, 4.69) is 0 Å². The molecule has 2 aromatic heterocycles. The van der Waals surface area contributed by atoms with Crippen molar-refractivity contribution in [1.29, 1.82) is 0 Å². The molecular formula is C54H52O8P4. The summed E-state index contributed by atoms with van der Waals surface area (Å²) in [6, 6.07) is 58.7. The van der Waals surface area contributed by atoms with Gasteiger partial charge in [-0.15, -0.1) is 0 Å². The Morgan fingerprint density at radius 1 is 0.409 bits per heavy atom. The molecule has 2 atom stereocenters. The Hall–Kier alpha value is -5.48. The Kier molecular flexibility index (Phi) is 15.0. The van der Waals surface area contributed by atoms with Crippen molar-refractivity contribution >= 4 is 52.0 Å². The summed E-state index contributed by atoms with van der Waals surface area (Å²) in [4.78, 5) is 0. The molecule has 2 heterocycles. The molecule has 0 radical (unpaired) electrons. The number of hydrogen-bond donors (Lipinski definition) is 2. The summed E-state index contributed by atoms with van der Waals surface area (Å²) in [5.74, 6) is -0.455. The van der Waals surface area contributed by atoms with Gasteiger partial charge < -0.3 is 28.3 Å². The van der Waals surface area contributed by atoms with E-state index in [1.165, 1.54) is 0 Å². The average Bonchev–Trinajstić information content (AvgIpc) is 3.84. The third-order valence-corrected chi connectivity index (χ3v) is 20.9. The number of rotatable bonds is 18. The maximum Gasteiger partial charge on any atom is 0.366 e. The molecule has 0 amide bonds. The largest absolute Gasteiger partial charge is 0.506 e. The minimum absolute atomic E-state index is 0.0594. The van der Waals surface area contributed by atoms with Crippen molar-refractivity contribution < 1.29 is 37.4 Å². The van der Waals surface area contributed by atoms with Crippen LogP contribution in [0.3, 0.4) is 0 Å². The van der Waals surface area contributed by atoms with Crippen LogP contribution < -0.4 is 10.6 Å². The number of aromatic hydroxyl groups is 2. The zero-order chi connectivity index (χ0) is 46.3. The van der Waals surface area contributed by atoms with Gasteiger partial charge in [-0.3, -0.25) is 9.13 Å². The van der Waals surface area contributed by atoms with E-state index in [0.717, 1.165) is 21.7 Å². The molecule has 0 aliphatic carbocycles. The summed E-state index contributed by atoms with van der Waals surface area (Å²) in [7, 11) is -12.0. The molecular weight excluding hydrogens is 900 g/mol. The SMILES string of the molecule is CCOP(=O)(OCC)c1c(O)c(/C(=C(/c2ccccc2)c2c(O)c(P(=O)(OCC)OCC)c(-c3ccccc3)p2-c2ccccc2)c2ccccc2)p(-c2ccccc2)c1-c1ccccc1. The van der Waals surface area contributed by atoms with Crippen molar-refractivity contribution in [3.05, 3.63) is 204 Å². The summed E-state index contributed by atoms with van der Waals surface area (Å²) < 4.78 is 55.7. The van der Waals surface area contributed by atoms with E-state index in [0.29, 0.717) is 43.5 Å². The fourth-order valence-corrected chi connectivity index (χ4v) is 19.0. The van der Waals surface area contributed by atoms with E-state index in [-0.39, 0.29) is 48.5 Å². The van der Waals surface area contributed by atoms with Crippen LogP contribution in [-0.4, -0.2) is 36.6 Å². The van der Waals surface area contributed by atoms with Crippen LogP contribution in [0.5, 0.6) is 11.5 Å². The van der Waals surface area contributed by atoms with Gasteiger partial charge in [0.25, 0.3) is 0 Å². The van der Waals surface area contributed by atoms with Gasteiger partial charge in [-0.2, -0.15) is 0 Å². The van der Waals surface area contributed by atoms with Crippen LogP contribution in [0.4, 0.5) is 0 Å². The summed E-state index contributed by atoms with van der Waals surface area (Å²) in [6.07, 6.45) is 0. The second-order valence-electron chi connectivity index (χ2n) is 15.0. The Balaban J connectivity index is 1.71. The van der Waals surface area contributed by atoms with Crippen molar-refractivity contribution in [1.82, 2.24) is 0 Å². The quantitative estimate of drug-likeness (QED) is 0.0646. The standard InChI is InChI=1S/C54H52O8P4/c1-5-59-65(57,60-6-2)53-47(55)51(63(43-35-23-13-24-36-43)49(53)41-31-19-11-20-32-41)45(39-27-15-9-16-28-39)46(40-29-17-10-18-30-40)52-48(56)54(66(58,61-7-3)62-8-4)50(42-33-21-12-22-34-42)64(52)44-37-25-14-26-38-44/h9-38,55-56H,5-8H2,1-4H3/b46-45-. The van der Waals surface area contributed by atoms with Gasteiger partial charge in [-0.05, 0) is 60.6 Å². The van der Waals surface area contributed by atoms with Gasteiger partial charge in [0.1, 0.15) is 22.1 Å². The molecule has 0 saturated heterocycles. The van der Waals surface area contributed by atoms with E-state index < -0.39 is 30.3 Å². The average molecular weight is 953 g/mol. The summed E-state index contributed by atoms with van der Waals surface area (Å²) in [6.45, 7) is 7.27. The molecule has 0 aliphatic rings. The Labute approximate surface area is 389 Å². The van der Waals surface area contributed by atoms with Crippen LogP contribution in [0.1, 0.15) is 49.4 Å². The third kappa shape index (κ3) is 9.02. The molecule has 0 spiro atoms. The first-order valence-electron chi connectivity index (χ1n) is 22.0. The van der Waals surface area contributed by atoms with Crippen LogP contribution >= 0.6 is 30.3 Å². The molecule has 6 aromatic carbocycles.